The van der Waals surface area contributed by atoms with E-state index in [2.05, 4.69) is 42.8 Å². The molecule has 0 bridgehead atoms. The lowest BCUT2D eigenvalue weighted by molar-refractivity contribution is 0.441. The van der Waals surface area contributed by atoms with E-state index in [0.717, 1.165) is 41.4 Å². The van der Waals surface area contributed by atoms with Crippen LogP contribution in [0.15, 0.2) is 6.20 Å². The average Bonchev–Trinajstić information content (AvgIpc) is 3.01. The van der Waals surface area contributed by atoms with Gasteiger partial charge < -0.3 is 10.7 Å². The summed E-state index contributed by atoms with van der Waals surface area (Å²) in [6.07, 6.45) is 2.91. The van der Waals surface area contributed by atoms with Crippen LogP contribution in [0.1, 0.15) is 50.4 Å². The van der Waals surface area contributed by atoms with Crippen LogP contribution in [0, 0.1) is 19.8 Å². The third-order valence-electron chi connectivity index (χ3n) is 4.12. The number of rotatable bonds is 5. The molecule has 0 aliphatic heterocycles. The molecule has 0 saturated carbocycles. The summed E-state index contributed by atoms with van der Waals surface area (Å²) < 4.78 is 2.01. The molecule has 110 valence electrons. The Morgan fingerprint density at radius 3 is 2.60 bits per heavy atom. The molecule has 2 heterocycles. The van der Waals surface area contributed by atoms with Gasteiger partial charge in [-0.05, 0) is 26.7 Å². The molecule has 5 heteroatoms. The van der Waals surface area contributed by atoms with Gasteiger partial charge in [0, 0.05) is 17.8 Å². The second kappa shape index (κ2) is 5.79. The van der Waals surface area contributed by atoms with Crippen molar-refractivity contribution in [3.8, 4) is 11.3 Å². The van der Waals surface area contributed by atoms with Gasteiger partial charge in [0.05, 0.1) is 23.6 Å². The summed E-state index contributed by atoms with van der Waals surface area (Å²) in [5.41, 5.74) is 10.6. The first-order valence-corrected chi connectivity index (χ1v) is 7.34. The highest BCUT2D eigenvalue weighted by molar-refractivity contribution is 5.64. The number of imidazole rings is 1. The SMILES string of the molecule is CCC(C)C(N)c1ncc(-c2c(C)nn(CC)c2C)[nH]1. The molecule has 0 spiro atoms. The van der Waals surface area contributed by atoms with Gasteiger partial charge in [-0.3, -0.25) is 4.68 Å². The molecule has 2 unspecified atom stereocenters. The maximum absolute atomic E-state index is 6.23. The van der Waals surface area contributed by atoms with Crippen molar-refractivity contribution < 1.29 is 0 Å². The maximum atomic E-state index is 6.23. The number of nitrogens with zero attached hydrogens (tertiary/aromatic N) is 3. The first-order chi connectivity index (χ1) is 9.49. The smallest absolute Gasteiger partial charge is 0.123 e. The number of aromatic amines is 1. The van der Waals surface area contributed by atoms with E-state index in [9.17, 15) is 0 Å². The second-order valence-electron chi connectivity index (χ2n) is 5.46. The van der Waals surface area contributed by atoms with Crippen LogP contribution >= 0.6 is 0 Å². The molecule has 0 aromatic carbocycles. The molecule has 5 nitrogen and oxygen atoms in total. The van der Waals surface area contributed by atoms with Crippen LogP contribution in [0.2, 0.25) is 0 Å². The Kier molecular flexibility index (Phi) is 4.28. The highest BCUT2D eigenvalue weighted by atomic mass is 15.3. The summed E-state index contributed by atoms with van der Waals surface area (Å²) in [7, 11) is 0. The summed E-state index contributed by atoms with van der Waals surface area (Å²) in [4.78, 5) is 7.84. The fourth-order valence-electron chi connectivity index (χ4n) is 2.55. The fourth-order valence-corrected chi connectivity index (χ4v) is 2.55. The Balaban J connectivity index is 2.36. The highest BCUT2D eigenvalue weighted by Gasteiger charge is 2.19. The molecule has 0 amide bonds. The number of aryl methyl sites for hydroxylation is 2. The monoisotopic (exact) mass is 275 g/mol. The molecule has 2 rings (SSSR count). The van der Waals surface area contributed by atoms with Gasteiger partial charge >= 0.3 is 0 Å². The minimum atomic E-state index is -0.0458. The largest absolute Gasteiger partial charge is 0.341 e. The first kappa shape index (κ1) is 14.8. The molecule has 0 radical (unpaired) electrons. The number of H-pyrrole nitrogens is 1. The van der Waals surface area contributed by atoms with Crippen molar-refractivity contribution in [3.05, 3.63) is 23.4 Å². The lowest BCUT2D eigenvalue weighted by Gasteiger charge is -2.15. The molecule has 2 aromatic rings. The zero-order valence-electron chi connectivity index (χ0n) is 13.1. The first-order valence-electron chi connectivity index (χ1n) is 7.34. The van der Waals surface area contributed by atoms with Crippen LogP contribution in [0.4, 0.5) is 0 Å². The van der Waals surface area contributed by atoms with Crippen molar-refractivity contribution in [2.75, 3.05) is 0 Å². The lowest BCUT2D eigenvalue weighted by atomic mass is 10.00. The summed E-state index contributed by atoms with van der Waals surface area (Å²) in [5, 5.41) is 4.55. The third kappa shape index (κ3) is 2.50. The number of aromatic nitrogens is 4. The van der Waals surface area contributed by atoms with E-state index in [1.165, 1.54) is 0 Å². The van der Waals surface area contributed by atoms with Crippen LogP contribution in [0.25, 0.3) is 11.3 Å². The van der Waals surface area contributed by atoms with E-state index in [1.807, 2.05) is 17.8 Å². The number of nitrogens with one attached hydrogen (secondary N) is 1. The summed E-state index contributed by atoms with van der Waals surface area (Å²) in [6, 6.07) is -0.0458. The van der Waals surface area contributed by atoms with Crippen molar-refractivity contribution in [1.29, 1.82) is 0 Å². The predicted octanol–water partition coefficient (Wildman–Crippen LogP) is 2.96. The van der Waals surface area contributed by atoms with Gasteiger partial charge in [-0.1, -0.05) is 20.3 Å². The Labute approximate surface area is 120 Å². The van der Waals surface area contributed by atoms with Crippen molar-refractivity contribution in [2.24, 2.45) is 11.7 Å². The van der Waals surface area contributed by atoms with Crippen molar-refractivity contribution in [1.82, 2.24) is 19.7 Å². The molecular formula is C15H25N5. The normalized spacial score (nSPS) is 14.5. The number of hydrogen-bond acceptors (Lipinski definition) is 3. The summed E-state index contributed by atoms with van der Waals surface area (Å²) in [5.74, 6) is 1.27. The van der Waals surface area contributed by atoms with Crippen molar-refractivity contribution in [2.45, 2.75) is 53.6 Å². The van der Waals surface area contributed by atoms with Crippen molar-refractivity contribution >= 4 is 0 Å². The maximum Gasteiger partial charge on any atom is 0.123 e. The molecule has 3 N–H and O–H groups in total. The van der Waals surface area contributed by atoms with Crippen molar-refractivity contribution in [3.63, 3.8) is 0 Å². The van der Waals surface area contributed by atoms with Crippen LogP contribution in [0.5, 0.6) is 0 Å². The van der Waals surface area contributed by atoms with Crippen LogP contribution in [-0.2, 0) is 6.54 Å². The zero-order chi connectivity index (χ0) is 14.9. The zero-order valence-corrected chi connectivity index (χ0v) is 13.1. The minimum absolute atomic E-state index is 0.0458. The second-order valence-corrected chi connectivity index (χ2v) is 5.46. The third-order valence-corrected chi connectivity index (χ3v) is 4.12. The molecule has 20 heavy (non-hydrogen) atoms. The predicted molar refractivity (Wildman–Crippen MR) is 81.3 cm³/mol. The van der Waals surface area contributed by atoms with Gasteiger partial charge in [0.25, 0.3) is 0 Å². The van der Waals surface area contributed by atoms with Gasteiger partial charge in [-0.15, -0.1) is 0 Å². The number of hydrogen-bond donors (Lipinski definition) is 2. The molecule has 2 aromatic heterocycles. The fraction of sp³-hybridized carbons (Fsp3) is 0.600. The van der Waals surface area contributed by atoms with Gasteiger partial charge in [0.1, 0.15) is 5.82 Å². The van der Waals surface area contributed by atoms with Gasteiger partial charge in [0.2, 0.25) is 0 Å². The minimum Gasteiger partial charge on any atom is -0.341 e. The van der Waals surface area contributed by atoms with E-state index < -0.39 is 0 Å². The average molecular weight is 275 g/mol. The molecule has 0 saturated heterocycles. The quantitative estimate of drug-likeness (QED) is 0.881. The van der Waals surface area contributed by atoms with E-state index in [-0.39, 0.29) is 6.04 Å². The molecular weight excluding hydrogens is 250 g/mol. The number of nitrogens with two attached hydrogens (primary N) is 1. The Morgan fingerprint density at radius 1 is 1.35 bits per heavy atom. The molecule has 2 atom stereocenters. The Hall–Kier alpha value is -1.62. The van der Waals surface area contributed by atoms with E-state index in [1.54, 1.807) is 0 Å². The standard InChI is InChI=1S/C15H25N5/c1-6-9(3)14(16)15-17-8-12(18-15)13-10(4)19-20(7-2)11(13)5/h8-9,14H,6-7,16H2,1-5H3,(H,17,18). The topological polar surface area (TPSA) is 72.5 Å². The van der Waals surface area contributed by atoms with E-state index in [4.69, 9.17) is 5.73 Å². The van der Waals surface area contributed by atoms with Crippen LogP contribution in [-0.4, -0.2) is 19.7 Å². The van der Waals surface area contributed by atoms with Gasteiger partial charge in [0.15, 0.2) is 0 Å². The highest BCUT2D eigenvalue weighted by Crippen LogP contribution is 2.27. The summed E-state index contributed by atoms with van der Waals surface area (Å²) >= 11 is 0. The summed E-state index contributed by atoms with van der Waals surface area (Å²) in [6.45, 7) is 11.4. The Morgan fingerprint density at radius 2 is 2.05 bits per heavy atom. The van der Waals surface area contributed by atoms with Crippen LogP contribution < -0.4 is 5.73 Å². The molecule has 0 aliphatic rings. The van der Waals surface area contributed by atoms with Gasteiger partial charge in [-0.2, -0.15) is 5.10 Å². The Bertz CT molecular complexity index is 581. The lowest BCUT2D eigenvalue weighted by Crippen LogP contribution is -2.19. The van der Waals surface area contributed by atoms with Gasteiger partial charge in [-0.25, -0.2) is 4.98 Å². The van der Waals surface area contributed by atoms with E-state index >= 15 is 0 Å². The van der Waals surface area contributed by atoms with E-state index in [0.29, 0.717) is 5.92 Å². The molecule has 0 fully saturated rings. The van der Waals surface area contributed by atoms with Crippen LogP contribution in [0.3, 0.4) is 0 Å². The molecule has 0 aliphatic carbocycles.